The van der Waals surface area contributed by atoms with Crippen LogP contribution in [-0.2, 0) is 12.8 Å². The topological polar surface area (TPSA) is 66.2 Å². The number of guanidine groups is 1. The zero-order chi connectivity index (χ0) is 16.1. The lowest BCUT2D eigenvalue weighted by molar-refractivity contribution is 0.972. The van der Waals surface area contributed by atoms with E-state index in [1.54, 1.807) is 0 Å². The summed E-state index contributed by atoms with van der Waals surface area (Å²) in [5.74, 6) is 0.457. The van der Waals surface area contributed by atoms with Gasteiger partial charge in [0, 0.05) is 29.3 Å². The van der Waals surface area contributed by atoms with Gasteiger partial charge in [0.15, 0.2) is 5.96 Å². The number of nitrogens with two attached hydrogens (primary N) is 1. The van der Waals surface area contributed by atoms with E-state index in [0.29, 0.717) is 12.5 Å². The number of benzene rings is 2. The van der Waals surface area contributed by atoms with Gasteiger partial charge in [0.1, 0.15) is 0 Å². The summed E-state index contributed by atoms with van der Waals surface area (Å²) in [6, 6.07) is 16.5. The Balaban J connectivity index is 0.00000208. The van der Waals surface area contributed by atoms with Crippen molar-refractivity contribution in [2.24, 2.45) is 10.7 Å². The summed E-state index contributed by atoms with van der Waals surface area (Å²) in [5.41, 5.74) is 10.7. The van der Waals surface area contributed by atoms with Gasteiger partial charge in [-0.05, 0) is 42.2 Å². The largest absolute Gasteiger partial charge is 0.370 e. The first-order chi connectivity index (χ1) is 11.3. The van der Waals surface area contributed by atoms with Crippen LogP contribution in [0.1, 0.15) is 18.1 Å². The third kappa shape index (κ3) is 4.50. The first-order valence-corrected chi connectivity index (χ1v) is 7.97. The fourth-order valence-electron chi connectivity index (χ4n) is 2.69. The quantitative estimate of drug-likeness (QED) is 0.318. The van der Waals surface area contributed by atoms with Crippen LogP contribution in [0, 0.1) is 0 Å². The summed E-state index contributed by atoms with van der Waals surface area (Å²) in [6.07, 6.45) is 3.92. The third-order valence-corrected chi connectivity index (χ3v) is 3.95. The van der Waals surface area contributed by atoms with Gasteiger partial charge < -0.3 is 16.0 Å². The minimum atomic E-state index is 0. The second-order valence-corrected chi connectivity index (χ2v) is 5.56. The Morgan fingerprint density at radius 1 is 1.17 bits per heavy atom. The fourth-order valence-corrected chi connectivity index (χ4v) is 2.69. The number of anilines is 1. The van der Waals surface area contributed by atoms with Gasteiger partial charge in [-0.1, -0.05) is 37.3 Å². The fraction of sp³-hybridized carbons (Fsp3) is 0.211. The summed E-state index contributed by atoms with van der Waals surface area (Å²) < 4.78 is 0. The number of nitrogens with one attached hydrogen (secondary N) is 2. The molecule has 0 fully saturated rings. The molecular formula is C19H23IN4. The number of hydrogen-bond donors (Lipinski definition) is 3. The number of para-hydroxylation sites is 1. The molecular weight excluding hydrogens is 411 g/mol. The highest BCUT2D eigenvalue weighted by Gasteiger charge is 2.02. The number of rotatable bonds is 5. The van der Waals surface area contributed by atoms with Crippen LogP contribution in [0.25, 0.3) is 10.9 Å². The summed E-state index contributed by atoms with van der Waals surface area (Å²) in [4.78, 5) is 7.71. The molecule has 0 spiro atoms. The zero-order valence-electron chi connectivity index (χ0n) is 13.8. The van der Waals surface area contributed by atoms with Crippen molar-refractivity contribution in [2.75, 3.05) is 11.9 Å². The number of aliphatic imine (C=N–C) groups is 1. The maximum Gasteiger partial charge on any atom is 0.193 e. The molecule has 0 radical (unpaired) electrons. The molecule has 0 amide bonds. The van der Waals surface area contributed by atoms with E-state index in [-0.39, 0.29) is 24.0 Å². The number of halogens is 1. The van der Waals surface area contributed by atoms with Crippen molar-refractivity contribution >= 4 is 46.5 Å². The van der Waals surface area contributed by atoms with Crippen LogP contribution in [-0.4, -0.2) is 17.5 Å². The van der Waals surface area contributed by atoms with Gasteiger partial charge in [-0.3, -0.25) is 4.99 Å². The third-order valence-electron chi connectivity index (χ3n) is 3.95. The van der Waals surface area contributed by atoms with Crippen LogP contribution in [0.5, 0.6) is 0 Å². The Morgan fingerprint density at radius 2 is 2.00 bits per heavy atom. The van der Waals surface area contributed by atoms with Crippen LogP contribution in [0.3, 0.4) is 0 Å². The minimum absolute atomic E-state index is 0. The molecule has 0 saturated heterocycles. The summed E-state index contributed by atoms with van der Waals surface area (Å²) >= 11 is 0. The van der Waals surface area contributed by atoms with Gasteiger partial charge in [0.05, 0.1) is 0 Å². The molecule has 126 valence electrons. The second kappa shape index (κ2) is 8.73. The smallest absolute Gasteiger partial charge is 0.193 e. The van der Waals surface area contributed by atoms with Gasteiger partial charge in [-0.15, -0.1) is 24.0 Å². The van der Waals surface area contributed by atoms with Crippen molar-refractivity contribution in [1.29, 1.82) is 0 Å². The standard InChI is InChI=1S/C19H22N4.HI/c1-2-14-6-5-7-16(12-14)23-19(20)21-11-10-15-13-22-18-9-4-3-8-17(15)18;/h3-9,12-13,22H,2,10-11H2,1H3,(H3,20,21,23);1H. The predicted octanol–water partition coefficient (Wildman–Crippen LogP) is 4.32. The maximum atomic E-state index is 5.98. The Bertz CT molecular complexity index is 823. The van der Waals surface area contributed by atoms with Crippen LogP contribution < -0.4 is 11.1 Å². The van der Waals surface area contributed by atoms with Crippen molar-refractivity contribution in [1.82, 2.24) is 4.98 Å². The molecule has 2 aromatic carbocycles. The first kappa shape index (κ1) is 18.3. The minimum Gasteiger partial charge on any atom is -0.370 e. The molecule has 3 aromatic rings. The number of aromatic amines is 1. The van der Waals surface area contributed by atoms with E-state index in [2.05, 4.69) is 58.7 Å². The molecule has 3 rings (SSSR count). The molecule has 24 heavy (non-hydrogen) atoms. The Hall–Kier alpha value is -2.02. The van der Waals surface area contributed by atoms with Gasteiger partial charge in [-0.2, -0.15) is 0 Å². The molecule has 0 bridgehead atoms. The monoisotopic (exact) mass is 434 g/mol. The van der Waals surface area contributed by atoms with Crippen LogP contribution >= 0.6 is 24.0 Å². The predicted molar refractivity (Wildman–Crippen MR) is 113 cm³/mol. The van der Waals surface area contributed by atoms with Crippen LogP contribution in [0.2, 0.25) is 0 Å². The number of aryl methyl sites for hydroxylation is 1. The highest BCUT2D eigenvalue weighted by molar-refractivity contribution is 14.0. The van der Waals surface area contributed by atoms with E-state index in [9.17, 15) is 0 Å². The second-order valence-electron chi connectivity index (χ2n) is 5.56. The van der Waals surface area contributed by atoms with Crippen molar-refractivity contribution < 1.29 is 0 Å². The van der Waals surface area contributed by atoms with E-state index in [0.717, 1.165) is 24.0 Å². The first-order valence-electron chi connectivity index (χ1n) is 7.97. The lowest BCUT2D eigenvalue weighted by Crippen LogP contribution is -2.23. The molecule has 5 heteroatoms. The number of hydrogen-bond acceptors (Lipinski definition) is 1. The molecule has 0 aliphatic heterocycles. The molecule has 0 unspecified atom stereocenters. The van der Waals surface area contributed by atoms with Gasteiger partial charge in [0.25, 0.3) is 0 Å². The van der Waals surface area contributed by atoms with E-state index in [1.165, 1.54) is 16.5 Å². The summed E-state index contributed by atoms with van der Waals surface area (Å²) in [5, 5.41) is 4.41. The van der Waals surface area contributed by atoms with Crippen molar-refractivity contribution in [2.45, 2.75) is 19.8 Å². The molecule has 4 nitrogen and oxygen atoms in total. The van der Waals surface area contributed by atoms with Gasteiger partial charge in [-0.25, -0.2) is 0 Å². The number of nitrogens with zero attached hydrogens (tertiary/aromatic N) is 1. The SMILES string of the molecule is CCc1cccc(NC(N)=NCCc2c[nH]c3ccccc23)c1.I. The molecule has 0 aliphatic rings. The summed E-state index contributed by atoms with van der Waals surface area (Å²) in [7, 11) is 0. The zero-order valence-corrected chi connectivity index (χ0v) is 16.1. The normalized spacial score (nSPS) is 11.3. The van der Waals surface area contributed by atoms with Gasteiger partial charge >= 0.3 is 0 Å². The van der Waals surface area contributed by atoms with E-state index >= 15 is 0 Å². The number of aromatic nitrogens is 1. The Morgan fingerprint density at radius 3 is 2.83 bits per heavy atom. The molecule has 1 aromatic heterocycles. The maximum absolute atomic E-state index is 5.98. The van der Waals surface area contributed by atoms with Crippen LogP contribution in [0.4, 0.5) is 5.69 Å². The van der Waals surface area contributed by atoms with Crippen molar-refractivity contribution in [3.05, 3.63) is 65.9 Å². The molecule has 0 atom stereocenters. The van der Waals surface area contributed by atoms with Gasteiger partial charge in [0.2, 0.25) is 0 Å². The number of fused-ring (bicyclic) bond motifs is 1. The van der Waals surface area contributed by atoms with E-state index in [1.807, 2.05) is 18.2 Å². The van der Waals surface area contributed by atoms with Crippen molar-refractivity contribution in [3.8, 4) is 0 Å². The molecule has 0 saturated carbocycles. The lowest BCUT2D eigenvalue weighted by Gasteiger charge is -2.07. The van der Waals surface area contributed by atoms with Crippen LogP contribution in [0.15, 0.2) is 59.7 Å². The molecule has 4 N–H and O–H groups in total. The Labute approximate surface area is 159 Å². The lowest BCUT2D eigenvalue weighted by atomic mass is 10.1. The Kier molecular flexibility index (Phi) is 6.66. The van der Waals surface area contributed by atoms with E-state index < -0.39 is 0 Å². The van der Waals surface area contributed by atoms with E-state index in [4.69, 9.17) is 5.73 Å². The average molecular weight is 434 g/mol. The number of H-pyrrole nitrogens is 1. The highest BCUT2D eigenvalue weighted by Crippen LogP contribution is 2.18. The molecule has 1 heterocycles. The molecule has 0 aliphatic carbocycles. The average Bonchev–Trinajstić information content (AvgIpc) is 2.98. The summed E-state index contributed by atoms with van der Waals surface area (Å²) in [6.45, 7) is 2.80. The van der Waals surface area contributed by atoms with Crippen molar-refractivity contribution in [3.63, 3.8) is 0 Å². The highest BCUT2D eigenvalue weighted by atomic mass is 127.